The molecule has 0 spiro atoms. The predicted molar refractivity (Wildman–Crippen MR) is 92.4 cm³/mol. The summed E-state index contributed by atoms with van der Waals surface area (Å²) in [7, 11) is 0. The van der Waals surface area contributed by atoms with Gasteiger partial charge in [0.2, 0.25) is 5.91 Å². The summed E-state index contributed by atoms with van der Waals surface area (Å²) in [6.07, 6.45) is -2.95. The van der Waals surface area contributed by atoms with E-state index in [1.54, 1.807) is 19.2 Å². The van der Waals surface area contributed by atoms with Crippen molar-refractivity contribution in [3.63, 3.8) is 0 Å². The smallest absolute Gasteiger partial charge is 0.416 e. The number of benzene rings is 2. The summed E-state index contributed by atoms with van der Waals surface area (Å²) in [5.74, 6) is -1.79. The van der Waals surface area contributed by atoms with E-state index in [-0.39, 0.29) is 11.7 Å². The van der Waals surface area contributed by atoms with Gasteiger partial charge in [-0.25, -0.2) is 4.39 Å². The van der Waals surface area contributed by atoms with Gasteiger partial charge in [-0.05, 0) is 43.5 Å². The number of hydrogen-bond donors (Lipinski definition) is 1. The van der Waals surface area contributed by atoms with Gasteiger partial charge in [-0.2, -0.15) is 13.2 Å². The molecule has 3 rings (SSSR count). The molecule has 0 fully saturated rings. The molecule has 1 atom stereocenters. The number of nitrogens with one attached hydrogen (secondary N) is 1. The van der Waals surface area contributed by atoms with Crippen LogP contribution in [0.4, 0.5) is 23.2 Å². The zero-order chi connectivity index (χ0) is 19.3. The third kappa shape index (κ3) is 3.12. The van der Waals surface area contributed by atoms with Gasteiger partial charge in [0.05, 0.1) is 10.6 Å². The second-order valence-electron chi connectivity index (χ2n) is 5.77. The van der Waals surface area contributed by atoms with Crippen LogP contribution in [0.1, 0.15) is 18.1 Å². The Hall–Kier alpha value is -1.93. The molecule has 9 heteroatoms. The van der Waals surface area contributed by atoms with E-state index in [2.05, 4.69) is 5.32 Å². The molecule has 1 aliphatic heterocycles. The Bertz CT molecular complexity index is 880. The first-order valence-corrected chi connectivity index (χ1v) is 8.92. The second-order valence-corrected chi connectivity index (χ2v) is 7.40. The van der Waals surface area contributed by atoms with Gasteiger partial charge in [0.25, 0.3) is 0 Å². The number of thioether (sulfide) groups is 1. The largest absolute Gasteiger partial charge is 0.453 e. The number of carbonyl (C=O) groups excluding carboxylic acids is 1. The molecule has 0 saturated heterocycles. The van der Waals surface area contributed by atoms with Gasteiger partial charge < -0.3 is 10.1 Å². The van der Waals surface area contributed by atoms with E-state index < -0.39 is 33.1 Å². The number of alkyl halides is 3. The van der Waals surface area contributed by atoms with Crippen molar-refractivity contribution in [1.29, 1.82) is 0 Å². The van der Waals surface area contributed by atoms with Crippen molar-refractivity contribution in [3.8, 4) is 11.5 Å². The van der Waals surface area contributed by atoms with E-state index in [4.69, 9.17) is 16.3 Å². The number of fused-ring (bicyclic) bond motifs is 1. The Morgan fingerprint density at radius 2 is 1.92 bits per heavy atom. The van der Waals surface area contributed by atoms with Gasteiger partial charge >= 0.3 is 6.18 Å². The summed E-state index contributed by atoms with van der Waals surface area (Å²) >= 11 is 7.10. The molecule has 0 bridgehead atoms. The third-order valence-corrected chi connectivity index (χ3v) is 5.64. The van der Waals surface area contributed by atoms with E-state index in [0.29, 0.717) is 23.4 Å². The molecule has 2 aromatic carbocycles. The number of halogens is 5. The van der Waals surface area contributed by atoms with Crippen LogP contribution in [-0.4, -0.2) is 12.2 Å². The van der Waals surface area contributed by atoms with E-state index in [0.717, 1.165) is 0 Å². The highest BCUT2D eigenvalue weighted by Gasteiger charge is 2.42. The minimum atomic E-state index is -4.72. The zero-order valence-electron chi connectivity index (χ0n) is 13.5. The maximum absolute atomic E-state index is 14.1. The van der Waals surface area contributed by atoms with E-state index >= 15 is 0 Å². The number of anilines is 1. The van der Waals surface area contributed by atoms with E-state index in [1.807, 2.05) is 0 Å². The van der Waals surface area contributed by atoms with Crippen LogP contribution in [0.15, 0.2) is 30.3 Å². The van der Waals surface area contributed by atoms with Crippen LogP contribution in [0, 0.1) is 5.82 Å². The van der Waals surface area contributed by atoms with Crippen molar-refractivity contribution in [3.05, 3.63) is 52.3 Å². The molecule has 1 amide bonds. The van der Waals surface area contributed by atoms with Crippen LogP contribution in [0.5, 0.6) is 11.5 Å². The molecule has 1 N–H and O–H groups in total. The summed E-state index contributed by atoms with van der Waals surface area (Å²) in [4.78, 5) is 12.1. The SMILES string of the molecule is CSC1(C)C(=O)Nc2ccc(Oc3c(F)cc(C(F)(F)F)cc3Cl)cc21. The highest BCUT2D eigenvalue weighted by atomic mass is 35.5. The molecule has 0 saturated carbocycles. The summed E-state index contributed by atoms with van der Waals surface area (Å²) < 4.78 is 56.8. The molecule has 1 heterocycles. The molecule has 3 nitrogen and oxygen atoms in total. The summed E-state index contributed by atoms with van der Waals surface area (Å²) in [6.45, 7) is 1.73. The van der Waals surface area contributed by atoms with Crippen molar-refractivity contribution in [1.82, 2.24) is 0 Å². The number of carbonyl (C=O) groups is 1. The zero-order valence-corrected chi connectivity index (χ0v) is 15.1. The van der Waals surface area contributed by atoms with Gasteiger partial charge in [-0.3, -0.25) is 4.79 Å². The quantitative estimate of drug-likeness (QED) is 0.654. The van der Waals surface area contributed by atoms with Gasteiger partial charge in [-0.1, -0.05) is 11.6 Å². The Labute approximate surface area is 155 Å². The highest BCUT2D eigenvalue weighted by molar-refractivity contribution is 8.00. The van der Waals surface area contributed by atoms with Crippen LogP contribution in [-0.2, 0) is 15.7 Å². The average molecular weight is 406 g/mol. The fourth-order valence-electron chi connectivity index (χ4n) is 2.60. The van der Waals surface area contributed by atoms with Crippen LogP contribution >= 0.6 is 23.4 Å². The lowest BCUT2D eigenvalue weighted by atomic mass is 10.0. The summed E-state index contributed by atoms with van der Waals surface area (Å²) in [5.41, 5.74) is 0.0280. The lowest BCUT2D eigenvalue weighted by Gasteiger charge is -2.19. The van der Waals surface area contributed by atoms with E-state index in [1.165, 1.54) is 23.9 Å². The lowest BCUT2D eigenvalue weighted by Crippen LogP contribution is -2.26. The molecule has 0 aliphatic carbocycles. The van der Waals surface area contributed by atoms with Gasteiger partial charge in [0.15, 0.2) is 11.6 Å². The summed E-state index contributed by atoms with van der Waals surface area (Å²) in [5, 5.41) is 2.24. The molecule has 0 radical (unpaired) electrons. The second kappa shape index (κ2) is 6.35. The van der Waals surface area contributed by atoms with Gasteiger partial charge in [0.1, 0.15) is 10.5 Å². The highest BCUT2D eigenvalue weighted by Crippen LogP contribution is 2.46. The molecule has 2 aromatic rings. The number of amides is 1. The minimum absolute atomic E-state index is 0.154. The van der Waals surface area contributed by atoms with Crippen LogP contribution in [0.25, 0.3) is 0 Å². The van der Waals surface area contributed by atoms with Crippen molar-refractivity contribution in [2.75, 3.05) is 11.6 Å². The maximum Gasteiger partial charge on any atom is 0.416 e. The standard InChI is InChI=1S/C17H12ClF4NO2S/c1-16(26-2)10-7-9(3-4-13(10)23-15(16)24)25-14-11(18)5-8(6-12(14)19)17(20,21)22/h3-7H,1-2H3,(H,23,24). The van der Waals surface area contributed by atoms with Crippen molar-refractivity contribution >= 4 is 35.0 Å². The molecule has 26 heavy (non-hydrogen) atoms. The Morgan fingerprint density at radius 3 is 2.50 bits per heavy atom. The number of hydrogen-bond acceptors (Lipinski definition) is 3. The number of ether oxygens (including phenoxy) is 1. The molecular weight excluding hydrogens is 394 g/mol. The minimum Gasteiger partial charge on any atom is -0.453 e. The van der Waals surface area contributed by atoms with Crippen LogP contribution in [0.3, 0.4) is 0 Å². The number of rotatable bonds is 3. The first-order chi connectivity index (χ1) is 12.1. The Balaban J connectivity index is 1.98. The van der Waals surface area contributed by atoms with Crippen molar-refractivity contribution in [2.24, 2.45) is 0 Å². The average Bonchev–Trinajstić information content (AvgIpc) is 2.81. The summed E-state index contributed by atoms with van der Waals surface area (Å²) in [6, 6.07) is 5.52. The van der Waals surface area contributed by atoms with E-state index in [9.17, 15) is 22.4 Å². The topological polar surface area (TPSA) is 38.3 Å². The molecule has 138 valence electrons. The Kier molecular flexibility index (Phi) is 4.60. The monoisotopic (exact) mass is 405 g/mol. The predicted octanol–water partition coefficient (Wildman–Crippen LogP) is 5.82. The fraction of sp³-hybridized carbons (Fsp3) is 0.235. The lowest BCUT2D eigenvalue weighted by molar-refractivity contribution is -0.137. The molecule has 0 aromatic heterocycles. The van der Waals surface area contributed by atoms with Crippen molar-refractivity contribution < 1.29 is 27.1 Å². The molecule has 1 unspecified atom stereocenters. The Morgan fingerprint density at radius 1 is 1.23 bits per heavy atom. The molecular formula is C17H12ClF4NO2S. The van der Waals surface area contributed by atoms with Crippen LogP contribution in [0.2, 0.25) is 5.02 Å². The fourth-order valence-corrected chi connectivity index (χ4v) is 3.47. The van der Waals surface area contributed by atoms with Crippen molar-refractivity contribution in [2.45, 2.75) is 17.8 Å². The molecule has 1 aliphatic rings. The van der Waals surface area contributed by atoms with Gasteiger partial charge in [0, 0.05) is 11.3 Å². The van der Waals surface area contributed by atoms with Gasteiger partial charge in [-0.15, -0.1) is 11.8 Å². The van der Waals surface area contributed by atoms with Crippen LogP contribution < -0.4 is 10.1 Å². The third-order valence-electron chi connectivity index (χ3n) is 4.14. The normalized spacial score (nSPS) is 19.3. The first-order valence-electron chi connectivity index (χ1n) is 7.31. The first kappa shape index (κ1) is 18.8. The maximum atomic E-state index is 14.1.